The van der Waals surface area contributed by atoms with Gasteiger partial charge in [-0.3, -0.25) is 9.59 Å². The second-order valence-electron chi connectivity index (χ2n) is 5.84. The van der Waals surface area contributed by atoms with E-state index in [-0.39, 0.29) is 29.3 Å². The maximum Gasteiger partial charge on any atom is 0.397 e. The maximum absolute atomic E-state index is 12.7. The highest BCUT2D eigenvalue weighted by Crippen LogP contribution is 2.37. The third-order valence-electron chi connectivity index (χ3n) is 3.68. The first kappa shape index (κ1) is 21.1. The minimum Gasteiger partial charge on any atom is -0.493 e. The minimum absolute atomic E-state index is 0.00302. The Labute approximate surface area is 159 Å². The lowest BCUT2D eigenvalue weighted by Crippen LogP contribution is -2.26. The number of hydrogen-bond acceptors (Lipinski definition) is 5. The SMILES string of the molecule is COc1cc(C(=O)N(C)Cc2ccco2)cc(NC(=O)CC(F)(F)F)c1OC. The van der Waals surface area contributed by atoms with Gasteiger partial charge in [-0.2, -0.15) is 13.2 Å². The summed E-state index contributed by atoms with van der Waals surface area (Å²) < 4.78 is 52.8. The number of carbonyl (C=O) groups is 2. The molecule has 1 aromatic carbocycles. The standard InChI is InChI=1S/C18H19F3N2O5/c1-23(10-12-5-4-6-28-12)17(25)11-7-13(16(27-3)14(8-11)26-2)22-15(24)9-18(19,20)21/h4-8H,9-10H2,1-3H3,(H,22,24). The monoisotopic (exact) mass is 400 g/mol. The molecule has 0 saturated heterocycles. The number of alkyl halides is 3. The second kappa shape index (κ2) is 8.68. The van der Waals surface area contributed by atoms with Crippen molar-refractivity contribution in [2.75, 3.05) is 26.6 Å². The highest BCUT2D eigenvalue weighted by molar-refractivity contribution is 5.99. The molecule has 0 aliphatic rings. The van der Waals surface area contributed by atoms with Crippen LogP contribution in [0.25, 0.3) is 0 Å². The molecule has 1 N–H and O–H groups in total. The molecular formula is C18H19F3N2O5. The van der Waals surface area contributed by atoms with E-state index in [1.165, 1.54) is 44.6 Å². The zero-order chi connectivity index (χ0) is 20.9. The highest BCUT2D eigenvalue weighted by Gasteiger charge is 2.32. The first-order chi connectivity index (χ1) is 13.1. The summed E-state index contributed by atoms with van der Waals surface area (Å²) in [6, 6.07) is 5.98. The quantitative estimate of drug-likeness (QED) is 0.770. The number of rotatable bonds is 7. The Morgan fingerprint density at radius 3 is 2.46 bits per heavy atom. The van der Waals surface area contributed by atoms with E-state index in [1.807, 2.05) is 0 Å². The van der Waals surface area contributed by atoms with Gasteiger partial charge in [0.1, 0.15) is 12.2 Å². The molecule has 2 amide bonds. The Bertz CT molecular complexity index is 834. The average molecular weight is 400 g/mol. The van der Waals surface area contributed by atoms with Crippen LogP contribution in [0.5, 0.6) is 11.5 Å². The van der Waals surface area contributed by atoms with Gasteiger partial charge in [0.15, 0.2) is 11.5 Å². The molecule has 0 aliphatic heterocycles. The Hall–Kier alpha value is -3.17. The van der Waals surface area contributed by atoms with Crippen LogP contribution < -0.4 is 14.8 Å². The van der Waals surface area contributed by atoms with Crippen LogP contribution in [-0.2, 0) is 11.3 Å². The van der Waals surface area contributed by atoms with Crippen molar-refractivity contribution in [3.05, 3.63) is 41.9 Å². The van der Waals surface area contributed by atoms with Gasteiger partial charge in [-0.25, -0.2) is 0 Å². The molecule has 0 saturated carbocycles. The van der Waals surface area contributed by atoms with Crippen LogP contribution >= 0.6 is 0 Å². The lowest BCUT2D eigenvalue weighted by molar-refractivity contribution is -0.150. The number of methoxy groups -OCH3 is 2. The largest absolute Gasteiger partial charge is 0.493 e. The molecule has 1 aromatic heterocycles. The van der Waals surface area contributed by atoms with Gasteiger partial charge < -0.3 is 24.1 Å². The van der Waals surface area contributed by atoms with E-state index in [9.17, 15) is 22.8 Å². The first-order valence-electron chi connectivity index (χ1n) is 8.05. The molecule has 1 heterocycles. The fourth-order valence-electron chi connectivity index (χ4n) is 2.49. The Morgan fingerprint density at radius 1 is 1.21 bits per heavy atom. The van der Waals surface area contributed by atoms with Crippen molar-refractivity contribution in [2.45, 2.75) is 19.1 Å². The number of carbonyl (C=O) groups excluding carboxylic acids is 2. The molecule has 28 heavy (non-hydrogen) atoms. The summed E-state index contributed by atoms with van der Waals surface area (Å²) >= 11 is 0. The van der Waals surface area contributed by atoms with Gasteiger partial charge in [-0.05, 0) is 24.3 Å². The van der Waals surface area contributed by atoms with Gasteiger partial charge in [0.2, 0.25) is 5.91 Å². The van der Waals surface area contributed by atoms with Gasteiger partial charge in [-0.1, -0.05) is 0 Å². The number of nitrogens with one attached hydrogen (secondary N) is 1. The summed E-state index contributed by atoms with van der Waals surface area (Å²) in [7, 11) is 4.10. The zero-order valence-electron chi connectivity index (χ0n) is 15.4. The van der Waals surface area contributed by atoms with E-state index >= 15 is 0 Å². The normalized spacial score (nSPS) is 11.1. The van der Waals surface area contributed by atoms with Crippen LogP contribution in [0, 0.1) is 0 Å². The average Bonchev–Trinajstić information content (AvgIpc) is 3.11. The van der Waals surface area contributed by atoms with Gasteiger partial charge in [0.25, 0.3) is 5.91 Å². The van der Waals surface area contributed by atoms with Crippen molar-refractivity contribution in [3.63, 3.8) is 0 Å². The summed E-state index contributed by atoms with van der Waals surface area (Å²) in [6.07, 6.45) is -4.87. The summed E-state index contributed by atoms with van der Waals surface area (Å²) in [4.78, 5) is 25.7. The predicted molar refractivity (Wildman–Crippen MR) is 93.4 cm³/mol. The van der Waals surface area contributed by atoms with Crippen LogP contribution in [0.1, 0.15) is 22.5 Å². The Kier molecular flexibility index (Phi) is 6.55. The van der Waals surface area contributed by atoms with Crippen molar-refractivity contribution < 1.29 is 36.7 Å². The molecule has 2 aromatic rings. The summed E-state index contributed by atoms with van der Waals surface area (Å²) in [5.41, 5.74) is -0.0140. The van der Waals surface area contributed by atoms with E-state index < -0.39 is 24.4 Å². The smallest absolute Gasteiger partial charge is 0.397 e. The van der Waals surface area contributed by atoms with Gasteiger partial charge >= 0.3 is 6.18 Å². The van der Waals surface area contributed by atoms with Crippen molar-refractivity contribution in [1.82, 2.24) is 4.90 Å². The zero-order valence-corrected chi connectivity index (χ0v) is 15.4. The van der Waals surface area contributed by atoms with Gasteiger partial charge in [0, 0.05) is 12.6 Å². The molecule has 2 rings (SSSR count). The summed E-state index contributed by atoms with van der Waals surface area (Å²) in [6.45, 7) is 0.177. The van der Waals surface area contributed by atoms with E-state index in [0.29, 0.717) is 5.76 Å². The van der Waals surface area contributed by atoms with Gasteiger partial charge in [-0.15, -0.1) is 0 Å². The van der Waals surface area contributed by atoms with Gasteiger partial charge in [0.05, 0.1) is 32.7 Å². The van der Waals surface area contributed by atoms with Crippen LogP contribution in [-0.4, -0.2) is 44.2 Å². The molecule has 152 valence electrons. The third kappa shape index (κ3) is 5.41. The number of halogens is 3. The first-order valence-corrected chi connectivity index (χ1v) is 8.05. The minimum atomic E-state index is -4.67. The fraction of sp³-hybridized carbons (Fsp3) is 0.333. The highest BCUT2D eigenvalue weighted by atomic mass is 19.4. The lowest BCUT2D eigenvalue weighted by atomic mass is 10.1. The van der Waals surface area contributed by atoms with Crippen LogP contribution in [0.2, 0.25) is 0 Å². The molecule has 0 fully saturated rings. The Morgan fingerprint density at radius 2 is 1.93 bits per heavy atom. The molecular weight excluding hydrogens is 381 g/mol. The number of anilines is 1. The topological polar surface area (TPSA) is 81.0 Å². The summed E-state index contributed by atoms with van der Waals surface area (Å²) in [5, 5.41) is 2.12. The molecule has 10 heteroatoms. The summed E-state index contributed by atoms with van der Waals surface area (Å²) in [5.74, 6) is -1.11. The molecule has 7 nitrogen and oxygen atoms in total. The van der Waals surface area contributed by atoms with Crippen molar-refractivity contribution in [1.29, 1.82) is 0 Å². The van der Waals surface area contributed by atoms with Crippen LogP contribution in [0.4, 0.5) is 18.9 Å². The number of ether oxygens (including phenoxy) is 2. The van der Waals surface area contributed by atoms with Crippen molar-refractivity contribution >= 4 is 17.5 Å². The number of hydrogen-bond donors (Lipinski definition) is 1. The maximum atomic E-state index is 12.7. The van der Waals surface area contributed by atoms with Crippen molar-refractivity contribution in [2.24, 2.45) is 0 Å². The predicted octanol–water partition coefficient (Wildman–Crippen LogP) is 3.46. The van der Waals surface area contributed by atoms with E-state index in [0.717, 1.165) is 0 Å². The second-order valence-corrected chi connectivity index (χ2v) is 5.84. The van der Waals surface area contributed by atoms with E-state index in [4.69, 9.17) is 13.9 Å². The number of benzene rings is 1. The Balaban J connectivity index is 2.31. The lowest BCUT2D eigenvalue weighted by Gasteiger charge is -2.19. The molecule has 0 unspecified atom stereocenters. The van der Waals surface area contributed by atoms with Crippen LogP contribution in [0.15, 0.2) is 34.9 Å². The molecule has 0 aliphatic carbocycles. The van der Waals surface area contributed by atoms with Crippen LogP contribution in [0.3, 0.4) is 0 Å². The van der Waals surface area contributed by atoms with E-state index in [2.05, 4.69) is 5.32 Å². The molecule has 0 atom stereocenters. The molecule has 0 spiro atoms. The third-order valence-corrected chi connectivity index (χ3v) is 3.68. The number of furan rings is 1. The molecule has 0 bridgehead atoms. The molecule has 0 radical (unpaired) electrons. The fourth-order valence-corrected chi connectivity index (χ4v) is 2.49. The van der Waals surface area contributed by atoms with Crippen molar-refractivity contribution in [3.8, 4) is 11.5 Å². The van der Waals surface area contributed by atoms with E-state index in [1.54, 1.807) is 12.1 Å². The number of amides is 2. The number of nitrogens with zero attached hydrogens (tertiary/aromatic N) is 1.